The number of rotatable bonds is 4. The standard InChI is InChI=1S/C14H7Br2ClFNO3/c1-22-14-8(15)5-10(19-21)11(12(14)16)13(20)7-4-6(18)2-3-9(7)17/h2-5H,1H3. The van der Waals surface area contributed by atoms with Gasteiger partial charge in [-0.15, -0.1) is 4.91 Å². The van der Waals surface area contributed by atoms with Crippen LogP contribution < -0.4 is 4.74 Å². The Bertz CT molecular complexity index is 783. The minimum atomic E-state index is -0.642. The minimum absolute atomic E-state index is 0.0532. The van der Waals surface area contributed by atoms with Crippen molar-refractivity contribution in [1.82, 2.24) is 0 Å². The Morgan fingerprint density at radius 1 is 1.32 bits per heavy atom. The molecule has 0 amide bonds. The molecule has 0 aromatic heterocycles. The highest BCUT2D eigenvalue weighted by Crippen LogP contribution is 2.42. The molecule has 0 atom stereocenters. The topological polar surface area (TPSA) is 55.7 Å². The molecule has 0 spiro atoms. The van der Waals surface area contributed by atoms with Crippen LogP contribution in [0.2, 0.25) is 5.02 Å². The van der Waals surface area contributed by atoms with E-state index >= 15 is 0 Å². The molecule has 0 heterocycles. The van der Waals surface area contributed by atoms with Crippen molar-refractivity contribution in [2.24, 2.45) is 5.18 Å². The number of ketones is 1. The molecule has 0 aliphatic rings. The third-order valence-electron chi connectivity index (χ3n) is 2.86. The summed E-state index contributed by atoms with van der Waals surface area (Å²) >= 11 is 12.4. The highest BCUT2D eigenvalue weighted by Gasteiger charge is 2.25. The van der Waals surface area contributed by atoms with E-state index in [9.17, 15) is 14.1 Å². The maximum Gasteiger partial charge on any atom is 0.198 e. The number of methoxy groups -OCH3 is 1. The first-order valence-electron chi connectivity index (χ1n) is 5.79. The smallest absolute Gasteiger partial charge is 0.198 e. The maximum absolute atomic E-state index is 13.4. The van der Waals surface area contributed by atoms with E-state index in [2.05, 4.69) is 37.0 Å². The van der Waals surface area contributed by atoms with Crippen LogP contribution in [0.3, 0.4) is 0 Å². The number of ether oxygens (including phenoxy) is 1. The Morgan fingerprint density at radius 2 is 2.00 bits per heavy atom. The second-order valence-electron chi connectivity index (χ2n) is 4.14. The zero-order valence-electron chi connectivity index (χ0n) is 11.0. The van der Waals surface area contributed by atoms with Gasteiger partial charge in [-0.2, -0.15) is 0 Å². The molecule has 0 bridgehead atoms. The highest BCUT2D eigenvalue weighted by molar-refractivity contribution is 9.11. The molecule has 0 saturated heterocycles. The zero-order valence-corrected chi connectivity index (χ0v) is 14.9. The summed E-state index contributed by atoms with van der Waals surface area (Å²) in [6.07, 6.45) is 0. The van der Waals surface area contributed by atoms with Gasteiger partial charge in [-0.1, -0.05) is 11.6 Å². The van der Waals surface area contributed by atoms with Crippen molar-refractivity contribution in [2.75, 3.05) is 7.11 Å². The number of benzene rings is 2. The summed E-state index contributed by atoms with van der Waals surface area (Å²) < 4.78 is 19.2. The average Bonchev–Trinajstić information content (AvgIpc) is 2.48. The second kappa shape index (κ2) is 6.85. The summed E-state index contributed by atoms with van der Waals surface area (Å²) in [6, 6.07) is 4.74. The monoisotopic (exact) mass is 449 g/mol. The van der Waals surface area contributed by atoms with Crippen molar-refractivity contribution in [2.45, 2.75) is 0 Å². The predicted molar refractivity (Wildman–Crippen MR) is 88.7 cm³/mol. The van der Waals surface area contributed by atoms with Crippen LogP contribution in [0.1, 0.15) is 15.9 Å². The SMILES string of the molecule is COc1c(Br)cc(N=O)c(C(=O)c2cc(F)ccc2Cl)c1Br. The lowest BCUT2D eigenvalue weighted by molar-refractivity contribution is 0.103. The second-order valence-corrected chi connectivity index (χ2v) is 6.20. The van der Waals surface area contributed by atoms with Gasteiger partial charge in [-0.05, 0) is 61.3 Å². The molecular formula is C14H7Br2ClFNO3. The third-order valence-corrected chi connectivity index (χ3v) is 4.53. The fourth-order valence-corrected chi connectivity index (χ4v) is 3.67. The van der Waals surface area contributed by atoms with Crippen molar-refractivity contribution in [3.8, 4) is 5.75 Å². The van der Waals surface area contributed by atoms with Crippen molar-refractivity contribution in [3.63, 3.8) is 0 Å². The van der Waals surface area contributed by atoms with Gasteiger partial charge < -0.3 is 4.74 Å². The van der Waals surface area contributed by atoms with E-state index in [1.54, 1.807) is 0 Å². The molecule has 114 valence electrons. The number of nitroso groups, excluding NO2 is 1. The zero-order chi connectivity index (χ0) is 16.4. The first-order valence-corrected chi connectivity index (χ1v) is 7.76. The fourth-order valence-electron chi connectivity index (χ4n) is 1.87. The van der Waals surface area contributed by atoms with Gasteiger partial charge in [0.15, 0.2) is 5.78 Å². The summed E-state index contributed by atoms with van der Waals surface area (Å²) in [5, 5.41) is 2.91. The lowest BCUT2D eigenvalue weighted by Crippen LogP contribution is -2.06. The summed E-state index contributed by atoms with van der Waals surface area (Å²) in [4.78, 5) is 23.7. The molecule has 2 rings (SSSR count). The van der Waals surface area contributed by atoms with Gasteiger partial charge in [0.25, 0.3) is 0 Å². The van der Waals surface area contributed by atoms with E-state index < -0.39 is 11.6 Å². The Morgan fingerprint density at radius 3 is 2.59 bits per heavy atom. The Balaban J connectivity index is 2.73. The maximum atomic E-state index is 13.4. The van der Waals surface area contributed by atoms with E-state index in [0.717, 1.165) is 12.1 Å². The summed E-state index contributed by atoms with van der Waals surface area (Å²) in [7, 11) is 1.41. The summed E-state index contributed by atoms with van der Waals surface area (Å²) in [5.74, 6) is -0.950. The van der Waals surface area contributed by atoms with Crippen LogP contribution in [0, 0.1) is 10.7 Å². The van der Waals surface area contributed by atoms with Gasteiger partial charge in [0.05, 0.1) is 26.6 Å². The van der Waals surface area contributed by atoms with Crippen molar-refractivity contribution in [1.29, 1.82) is 0 Å². The van der Waals surface area contributed by atoms with Crippen LogP contribution >= 0.6 is 43.5 Å². The van der Waals surface area contributed by atoms with Crippen molar-refractivity contribution < 1.29 is 13.9 Å². The molecular weight excluding hydrogens is 444 g/mol. The molecule has 0 N–H and O–H groups in total. The number of carbonyl (C=O) groups is 1. The molecule has 0 radical (unpaired) electrons. The van der Waals surface area contributed by atoms with E-state index in [1.165, 1.54) is 19.2 Å². The van der Waals surface area contributed by atoms with E-state index in [4.69, 9.17) is 16.3 Å². The molecule has 0 fully saturated rings. The quantitative estimate of drug-likeness (QED) is 0.446. The molecule has 0 aliphatic carbocycles. The highest BCUT2D eigenvalue weighted by atomic mass is 79.9. The number of nitrogens with zero attached hydrogens (tertiary/aromatic N) is 1. The number of carbonyl (C=O) groups excluding carboxylic acids is 1. The number of hydrogen-bond donors (Lipinski definition) is 0. The molecule has 22 heavy (non-hydrogen) atoms. The Hall–Kier alpha value is -1.31. The summed E-state index contributed by atoms with van der Waals surface area (Å²) in [6.45, 7) is 0. The van der Waals surface area contributed by atoms with Crippen molar-refractivity contribution >= 4 is 54.9 Å². The first kappa shape index (κ1) is 17.1. The molecule has 4 nitrogen and oxygen atoms in total. The minimum Gasteiger partial charge on any atom is -0.494 e. The Kier molecular flexibility index (Phi) is 5.31. The number of hydrogen-bond acceptors (Lipinski definition) is 4. The normalized spacial score (nSPS) is 10.4. The fraction of sp³-hybridized carbons (Fsp3) is 0.0714. The number of halogens is 4. The van der Waals surface area contributed by atoms with E-state index in [0.29, 0.717) is 10.2 Å². The molecule has 2 aromatic rings. The van der Waals surface area contributed by atoms with E-state index in [1.807, 2.05) is 0 Å². The molecule has 0 aliphatic heterocycles. The van der Waals surface area contributed by atoms with Gasteiger partial charge in [0, 0.05) is 5.56 Å². The Labute approximate surface area is 146 Å². The molecule has 0 unspecified atom stereocenters. The van der Waals surface area contributed by atoms with Crippen LogP contribution in [0.25, 0.3) is 0 Å². The van der Waals surface area contributed by atoms with Crippen LogP contribution in [-0.4, -0.2) is 12.9 Å². The van der Waals surface area contributed by atoms with E-state index in [-0.39, 0.29) is 26.3 Å². The van der Waals surface area contributed by atoms with Gasteiger partial charge in [-0.3, -0.25) is 4.79 Å². The molecule has 2 aromatic carbocycles. The first-order chi connectivity index (χ1) is 10.4. The lowest BCUT2D eigenvalue weighted by atomic mass is 10.0. The molecule has 0 saturated carbocycles. The van der Waals surface area contributed by atoms with Gasteiger partial charge in [0.2, 0.25) is 0 Å². The van der Waals surface area contributed by atoms with Crippen molar-refractivity contribution in [3.05, 3.63) is 60.1 Å². The third kappa shape index (κ3) is 3.06. The van der Waals surface area contributed by atoms with Gasteiger partial charge in [0.1, 0.15) is 17.3 Å². The predicted octanol–water partition coefficient (Wildman–Crippen LogP) is 5.64. The van der Waals surface area contributed by atoms with Crippen LogP contribution in [-0.2, 0) is 0 Å². The average molecular weight is 451 g/mol. The summed E-state index contributed by atoms with van der Waals surface area (Å²) in [5.41, 5.74) is -0.246. The molecule has 8 heteroatoms. The van der Waals surface area contributed by atoms with Crippen LogP contribution in [0.4, 0.5) is 10.1 Å². The largest absolute Gasteiger partial charge is 0.494 e. The van der Waals surface area contributed by atoms with Gasteiger partial charge >= 0.3 is 0 Å². The van der Waals surface area contributed by atoms with Gasteiger partial charge in [-0.25, -0.2) is 4.39 Å². The lowest BCUT2D eigenvalue weighted by Gasteiger charge is -2.12. The van der Waals surface area contributed by atoms with Crippen LogP contribution in [0.15, 0.2) is 38.4 Å². The van der Waals surface area contributed by atoms with Crippen LogP contribution in [0.5, 0.6) is 5.75 Å².